The van der Waals surface area contributed by atoms with Gasteiger partial charge in [-0.2, -0.15) is 0 Å². The van der Waals surface area contributed by atoms with E-state index in [-0.39, 0.29) is 18.6 Å². The molecule has 0 unspecified atom stereocenters. The molecule has 3 N–H and O–H groups in total. The van der Waals surface area contributed by atoms with Crippen LogP contribution in [0.15, 0.2) is 0 Å². The average Bonchev–Trinajstić information content (AvgIpc) is 2.93. The van der Waals surface area contributed by atoms with E-state index < -0.39 is 0 Å². The van der Waals surface area contributed by atoms with Crippen LogP contribution in [-0.2, 0) is 9.53 Å². The molecule has 1 fully saturated rings. The third kappa shape index (κ3) is 26.1. The van der Waals surface area contributed by atoms with E-state index in [1.807, 2.05) is 20.8 Å². The quantitative estimate of drug-likeness (QED) is 0.780. The van der Waals surface area contributed by atoms with Gasteiger partial charge < -0.3 is 15.6 Å². The predicted molar refractivity (Wildman–Crippen MR) is 86.6 cm³/mol. The molecule has 0 aromatic heterocycles. The minimum absolute atomic E-state index is 0.0104. The summed E-state index contributed by atoms with van der Waals surface area (Å²) >= 11 is 0. The smallest absolute Gasteiger partial charge is 0.319 e. The van der Waals surface area contributed by atoms with Crippen molar-refractivity contribution in [3.8, 4) is 0 Å². The van der Waals surface area contributed by atoms with E-state index in [1.165, 1.54) is 12.8 Å². The summed E-state index contributed by atoms with van der Waals surface area (Å²) in [5.41, 5.74) is 5.08. The topological polar surface area (TPSA) is 72.5 Å². The summed E-state index contributed by atoms with van der Waals surface area (Å²) in [6.07, 6.45) is 5.44. The second kappa shape index (κ2) is 20.7. The van der Waals surface area contributed by atoms with Crippen LogP contribution in [0, 0.1) is 5.92 Å². The lowest BCUT2D eigenvalue weighted by Gasteiger charge is -2.08. The Balaban J connectivity index is -0.000000243. The van der Waals surface area contributed by atoms with E-state index in [4.69, 9.17) is 15.6 Å². The summed E-state index contributed by atoms with van der Waals surface area (Å²) < 4.78 is 5.00. The molecule has 0 atom stereocenters. The van der Waals surface area contributed by atoms with Gasteiger partial charge in [-0.1, -0.05) is 41.5 Å². The highest BCUT2D eigenvalue weighted by molar-refractivity contribution is 5.71. The third-order valence-corrected chi connectivity index (χ3v) is 1.99. The fourth-order valence-corrected chi connectivity index (χ4v) is 1.24. The van der Waals surface area contributed by atoms with E-state index in [0.717, 1.165) is 25.2 Å². The van der Waals surface area contributed by atoms with Crippen molar-refractivity contribution in [2.45, 2.75) is 79.8 Å². The Morgan fingerprint density at radius 2 is 1.60 bits per heavy atom. The van der Waals surface area contributed by atoms with Crippen molar-refractivity contribution in [3.05, 3.63) is 0 Å². The first-order chi connectivity index (χ1) is 9.47. The Kier molecular flexibility index (Phi) is 25.3. The Hall–Kier alpha value is -0.610. The molecular formula is C16H37NO3. The SMILES string of the molecule is CC.CC(C)C.CCCO.NCC(=O)OC1CCCC1. The van der Waals surface area contributed by atoms with Gasteiger partial charge in [0.2, 0.25) is 0 Å². The largest absolute Gasteiger partial charge is 0.461 e. The molecule has 0 radical (unpaired) electrons. The lowest BCUT2D eigenvalue weighted by atomic mass is 10.3. The number of aliphatic hydroxyl groups is 1. The minimum atomic E-state index is -0.271. The number of nitrogens with two attached hydrogens (primary N) is 1. The number of carbonyl (C=O) groups is 1. The maximum Gasteiger partial charge on any atom is 0.319 e. The molecule has 0 aromatic carbocycles. The number of hydrogen-bond donors (Lipinski definition) is 2. The summed E-state index contributed by atoms with van der Waals surface area (Å²) in [5.74, 6) is 0.562. The van der Waals surface area contributed by atoms with Crippen molar-refractivity contribution >= 4 is 5.97 Å². The van der Waals surface area contributed by atoms with Gasteiger partial charge in [0.15, 0.2) is 0 Å². The van der Waals surface area contributed by atoms with Crippen LogP contribution in [-0.4, -0.2) is 30.3 Å². The fraction of sp³-hybridized carbons (Fsp3) is 0.938. The normalized spacial score (nSPS) is 13.2. The molecule has 1 saturated carbocycles. The van der Waals surface area contributed by atoms with Crippen LogP contribution in [0.25, 0.3) is 0 Å². The van der Waals surface area contributed by atoms with Crippen molar-refractivity contribution < 1.29 is 14.6 Å². The molecule has 1 rings (SSSR count). The highest BCUT2D eigenvalue weighted by Gasteiger charge is 2.17. The standard InChI is InChI=1S/C7H13NO2.C4H10.C3H8O.C2H6/c8-5-7(9)10-6-3-1-2-4-6;1-4(2)3;1-2-3-4;1-2/h6H,1-5,8H2;4H,1-3H3;4H,2-3H2,1H3;1-2H3. The first-order valence-corrected chi connectivity index (χ1v) is 7.98. The van der Waals surface area contributed by atoms with Gasteiger partial charge in [-0.05, 0) is 38.0 Å². The molecule has 4 heteroatoms. The van der Waals surface area contributed by atoms with Crippen molar-refractivity contribution in [3.63, 3.8) is 0 Å². The highest BCUT2D eigenvalue weighted by Crippen LogP contribution is 2.20. The Bertz CT molecular complexity index is 174. The summed E-state index contributed by atoms with van der Waals surface area (Å²) in [7, 11) is 0. The predicted octanol–water partition coefficient (Wildman–Crippen LogP) is 3.51. The van der Waals surface area contributed by atoms with E-state index in [1.54, 1.807) is 0 Å². The molecular weight excluding hydrogens is 254 g/mol. The second-order valence-corrected chi connectivity index (χ2v) is 5.06. The zero-order valence-electron chi connectivity index (χ0n) is 14.4. The summed E-state index contributed by atoms with van der Waals surface area (Å²) in [6, 6.07) is 0. The van der Waals surface area contributed by atoms with Crippen LogP contribution in [0.5, 0.6) is 0 Å². The van der Waals surface area contributed by atoms with E-state index in [2.05, 4.69) is 20.8 Å². The van der Waals surface area contributed by atoms with Gasteiger partial charge in [-0.25, -0.2) is 0 Å². The number of rotatable bonds is 3. The number of carbonyl (C=O) groups excluding carboxylic acids is 1. The van der Waals surface area contributed by atoms with Crippen LogP contribution >= 0.6 is 0 Å². The Morgan fingerprint density at radius 1 is 1.25 bits per heavy atom. The van der Waals surface area contributed by atoms with Gasteiger partial charge in [0.1, 0.15) is 6.10 Å². The first kappa shape index (κ1) is 24.4. The molecule has 0 aromatic rings. The van der Waals surface area contributed by atoms with Gasteiger partial charge in [0.05, 0.1) is 6.54 Å². The first-order valence-electron chi connectivity index (χ1n) is 7.98. The zero-order chi connectivity index (χ0) is 16.4. The third-order valence-electron chi connectivity index (χ3n) is 1.99. The Labute approximate surface area is 126 Å². The number of esters is 1. The van der Waals surface area contributed by atoms with Gasteiger partial charge >= 0.3 is 5.97 Å². The Morgan fingerprint density at radius 3 is 1.85 bits per heavy atom. The van der Waals surface area contributed by atoms with Crippen LogP contribution in [0.4, 0.5) is 0 Å². The highest BCUT2D eigenvalue weighted by atomic mass is 16.5. The van der Waals surface area contributed by atoms with E-state index >= 15 is 0 Å². The molecule has 1 aliphatic rings. The van der Waals surface area contributed by atoms with Crippen molar-refractivity contribution in [1.82, 2.24) is 0 Å². The summed E-state index contributed by atoms with van der Waals surface area (Å²) in [4.78, 5) is 10.6. The van der Waals surface area contributed by atoms with Crippen LogP contribution < -0.4 is 5.73 Å². The summed E-state index contributed by atoms with van der Waals surface area (Å²) in [6.45, 7) is 12.8. The maximum atomic E-state index is 10.6. The van der Waals surface area contributed by atoms with E-state index in [9.17, 15) is 4.79 Å². The van der Waals surface area contributed by atoms with Crippen LogP contribution in [0.1, 0.15) is 73.6 Å². The molecule has 4 nitrogen and oxygen atoms in total. The van der Waals surface area contributed by atoms with E-state index in [0.29, 0.717) is 6.61 Å². The van der Waals surface area contributed by atoms with Gasteiger partial charge in [-0.15, -0.1) is 0 Å². The number of ether oxygens (including phenoxy) is 1. The van der Waals surface area contributed by atoms with Crippen molar-refractivity contribution in [2.75, 3.05) is 13.2 Å². The number of aliphatic hydroxyl groups excluding tert-OH is 1. The molecule has 0 bridgehead atoms. The second-order valence-electron chi connectivity index (χ2n) is 5.06. The van der Waals surface area contributed by atoms with Gasteiger partial charge in [-0.3, -0.25) is 4.79 Å². The molecule has 124 valence electrons. The minimum Gasteiger partial charge on any atom is -0.461 e. The molecule has 0 saturated heterocycles. The van der Waals surface area contributed by atoms with Crippen molar-refractivity contribution in [1.29, 1.82) is 0 Å². The molecule has 0 amide bonds. The molecule has 0 spiro atoms. The van der Waals surface area contributed by atoms with Gasteiger partial charge in [0.25, 0.3) is 0 Å². The lowest BCUT2D eigenvalue weighted by Crippen LogP contribution is -2.21. The molecule has 20 heavy (non-hydrogen) atoms. The van der Waals surface area contributed by atoms with Crippen molar-refractivity contribution in [2.24, 2.45) is 11.7 Å². The monoisotopic (exact) mass is 291 g/mol. The average molecular weight is 291 g/mol. The summed E-state index contributed by atoms with van der Waals surface area (Å²) in [5, 5.41) is 7.88. The lowest BCUT2D eigenvalue weighted by molar-refractivity contribution is -0.146. The fourth-order valence-electron chi connectivity index (χ4n) is 1.24. The van der Waals surface area contributed by atoms with Crippen LogP contribution in [0.2, 0.25) is 0 Å². The molecule has 0 aliphatic heterocycles. The number of hydrogen-bond acceptors (Lipinski definition) is 4. The van der Waals surface area contributed by atoms with Crippen LogP contribution in [0.3, 0.4) is 0 Å². The van der Waals surface area contributed by atoms with Gasteiger partial charge in [0, 0.05) is 6.61 Å². The molecule has 1 aliphatic carbocycles. The maximum absolute atomic E-state index is 10.6. The zero-order valence-corrected chi connectivity index (χ0v) is 14.4. The molecule has 0 heterocycles.